The van der Waals surface area contributed by atoms with E-state index >= 15 is 0 Å². The summed E-state index contributed by atoms with van der Waals surface area (Å²) in [7, 11) is 1.64. The summed E-state index contributed by atoms with van der Waals surface area (Å²) >= 11 is 1.53. The highest BCUT2D eigenvalue weighted by molar-refractivity contribution is 7.15. The summed E-state index contributed by atoms with van der Waals surface area (Å²) in [6, 6.07) is 7.74. The third kappa shape index (κ3) is 2.71. The molecule has 1 aromatic heterocycles. The highest BCUT2D eigenvalue weighted by atomic mass is 32.1. The standard InChI is InChI=1S/C13H13NO2S/c1-9(15)7-10-8-14-13(17-10)11-5-3-4-6-12(11)16-2/h3-6,8H,7H2,1-2H3. The van der Waals surface area contributed by atoms with E-state index in [1.807, 2.05) is 24.3 Å². The molecule has 0 radical (unpaired) electrons. The van der Waals surface area contributed by atoms with Crippen molar-refractivity contribution in [2.24, 2.45) is 0 Å². The summed E-state index contributed by atoms with van der Waals surface area (Å²) < 4.78 is 5.29. The molecule has 0 aliphatic heterocycles. The second kappa shape index (κ2) is 5.10. The first kappa shape index (κ1) is 11.8. The van der Waals surface area contributed by atoms with E-state index in [1.54, 1.807) is 20.2 Å². The molecule has 1 aromatic carbocycles. The third-order valence-corrected chi connectivity index (χ3v) is 3.34. The fourth-order valence-electron chi connectivity index (χ4n) is 1.58. The summed E-state index contributed by atoms with van der Waals surface area (Å²) in [5, 5.41) is 0.888. The van der Waals surface area contributed by atoms with Gasteiger partial charge in [-0.15, -0.1) is 11.3 Å². The first-order chi connectivity index (χ1) is 8.20. The topological polar surface area (TPSA) is 39.2 Å². The molecule has 0 unspecified atom stereocenters. The maximum atomic E-state index is 11.0. The molecule has 0 spiro atoms. The second-order valence-corrected chi connectivity index (χ2v) is 4.83. The average molecular weight is 247 g/mol. The number of thiazole rings is 1. The van der Waals surface area contributed by atoms with Crippen molar-refractivity contribution in [2.75, 3.05) is 7.11 Å². The Balaban J connectivity index is 2.33. The van der Waals surface area contributed by atoms with Crippen molar-refractivity contribution in [3.63, 3.8) is 0 Å². The smallest absolute Gasteiger partial charge is 0.135 e. The largest absolute Gasteiger partial charge is 0.496 e. The van der Waals surface area contributed by atoms with E-state index in [9.17, 15) is 4.79 Å². The minimum absolute atomic E-state index is 0.153. The Morgan fingerprint density at radius 1 is 1.41 bits per heavy atom. The van der Waals surface area contributed by atoms with Crippen LogP contribution in [0.1, 0.15) is 11.8 Å². The first-order valence-electron chi connectivity index (χ1n) is 5.28. The number of methoxy groups -OCH3 is 1. The number of para-hydroxylation sites is 1. The van der Waals surface area contributed by atoms with Gasteiger partial charge >= 0.3 is 0 Å². The van der Waals surface area contributed by atoms with Crippen LogP contribution in [0.2, 0.25) is 0 Å². The number of aromatic nitrogens is 1. The maximum absolute atomic E-state index is 11.0. The minimum atomic E-state index is 0.153. The van der Waals surface area contributed by atoms with Crippen LogP contribution in [0.5, 0.6) is 5.75 Å². The Morgan fingerprint density at radius 2 is 2.18 bits per heavy atom. The van der Waals surface area contributed by atoms with Crippen LogP contribution in [0, 0.1) is 0 Å². The van der Waals surface area contributed by atoms with Crippen molar-refractivity contribution < 1.29 is 9.53 Å². The van der Waals surface area contributed by atoms with Gasteiger partial charge in [0, 0.05) is 17.5 Å². The van der Waals surface area contributed by atoms with Gasteiger partial charge in [0.1, 0.15) is 16.5 Å². The number of carbonyl (C=O) groups excluding carboxylic acids is 1. The molecule has 0 saturated carbocycles. The molecule has 17 heavy (non-hydrogen) atoms. The number of ether oxygens (including phenoxy) is 1. The summed E-state index contributed by atoms with van der Waals surface area (Å²) in [5.41, 5.74) is 0.967. The average Bonchev–Trinajstić information content (AvgIpc) is 2.76. The summed E-state index contributed by atoms with van der Waals surface area (Å²) in [6.45, 7) is 1.59. The quantitative estimate of drug-likeness (QED) is 0.833. The number of hydrogen-bond donors (Lipinski definition) is 0. The van der Waals surface area contributed by atoms with Gasteiger partial charge in [-0.05, 0) is 19.1 Å². The lowest BCUT2D eigenvalue weighted by Gasteiger charge is -2.04. The lowest BCUT2D eigenvalue weighted by Crippen LogP contribution is -1.92. The van der Waals surface area contributed by atoms with Gasteiger partial charge in [0.2, 0.25) is 0 Å². The third-order valence-electron chi connectivity index (χ3n) is 2.31. The molecule has 2 rings (SSSR count). The Morgan fingerprint density at radius 3 is 2.88 bits per heavy atom. The molecule has 0 N–H and O–H groups in total. The SMILES string of the molecule is COc1ccccc1-c1ncc(CC(C)=O)s1. The van der Waals surface area contributed by atoms with Crippen LogP contribution in [0.3, 0.4) is 0 Å². The van der Waals surface area contributed by atoms with Gasteiger partial charge in [0.25, 0.3) is 0 Å². The van der Waals surface area contributed by atoms with Crippen LogP contribution in [-0.4, -0.2) is 17.9 Å². The van der Waals surface area contributed by atoms with E-state index in [1.165, 1.54) is 11.3 Å². The summed E-state index contributed by atoms with van der Waals surface area (Å²) in [4.78, 5) is 16.4. The van der Waals surface area contributed by atoms with Gasteiger partial charge < -0.3 is 4.74 Å². The number of nitrogens with zero attached hydrogens (tertiary/aromatic N) is 1. The van der Waals surface area contributed by atoms with Crippen molar-refractivity contribution >= 4 is 17.1 Å². The van der Waals surface area contributed by atoms with E-state index in [-0.39, 0.29) is 5.78 Å². The van der Waals surface area contributed by atoms with E-state index in [2.05, 4.69) is 4.98 Å². The number of carbonyl (C=O) groups is 1. The Kier molecular flexibility index (Phi) is 3.54. The van der Waals surface area contributed by atoms with Crippen molar-refractivity contribution in [2.45, 2.75) is 13.3 Å². The molecule has 0 aliphatic rings. The van der Waals surface area contributed by atoms with E-state index in [4.69, 9.17) is 4.74 Å². The van der Waals surface area contributed by atoms with Crippen LogP contribution >= 0.6 is 11.3 Å². The number of ketones is 1. The van der Waals surface area contributed by atoms with Gasteiger partial charge in [-0.25, -0.2) is 4.98 Å². The number of rotatable bonds is 4. The normalized spacial score (nSPS) is 10.2. The van der Waals surface area contributed by atoms with Crippen LogP contribution in [0.15, 0.2) is 30.5 Å². The molecule has 0 amide bonds. The number of Topliss-reactive ketones (excluding diaryl/α,β-unsaturated/α-hetero) is 1. The van der Waals surface area contributed by atoms with E-state index in [0.29, 0.717) is 6.42 Å². The molecular formula is C13H13NO2S. The fraction of sp³-hybridized carbons (Fsp3) is 0.231. The van der Waals surface area contributed by atoms with Gasteiger partial charge in [-0.3, -0.25) is 4.79 Å². The monoisotopic (exact) mass is 247 g/mol. The number of benzene rings is 1. The van der Waals surface area contributed by atoms with Crippen molar-refractivity contribution in [1.82, 2.24) is 4.98 Å². The molecule has 0 atom stereocenters. The lowest BCUT2D eigenvalue weighted by molar-refractivity contribution is -0.116. The molecule has 4 heteroatoms. The first-order valence-corrected chi connectivity index (χ1v) is 6.10. The second-order valence-electron chi connectivity index (χ2n) is 3.71. The molecule has 3 nitrogen and oxygen atoms in total. The van der Waals surface area contributed by atoms with Gasteiger partial charge in [-0.1, -0.05) is 12.1 Å². The van der Waals surface area contributed by atoms with Crippen LogP contribution in [-0.2, 0) is 11.2 Å². The highest BCUT2D eigenvalue weighted by Gasteiger charge is 2.10. The Bertz CT molecular complexity index is 534. The van der Waals surface area contributed by atoms with Crippen LogP contribution in [0.25, 0.3) is 10.6 Å². The predicted octanol–water partition coefficient (Wildman–Crippen LogP) is 2.95. The molecule has 0 saturated heterocycles. The molecular weight excluding hydrogens is 234 g/mol. The molecule has 88 valence electrons. The van der Waals surface area contributed by atoms with Gasteiger partial charge in [-0.2, -0.15) is 0 Å². The highest BCUT2D eigenvalue weighted by Crippen LogP contribution is 2.32. The zero-order chi connectivity index (χ0) is 12.3. The van der Waals surface area contributed by atoms with E-state index < -0.39 is 0 Å². The van der Waals surface area contributed by atoms with E-state index in [0.717, 1.165) is 21.2 Å². The summed E-state index contributed by atoms with van der Waals surface area (Å²) in [6.07, 6.45) is 2.21. The number of hydrogen-bond acceptors (Lipinski definition) is 4. The molecule has 0 fully saturated rings. The zero-order valence-electron chi connectivity index (χ0n) is 9.77. The molecule has 0 bridgehead atoms. The van der Waals surface area contributed by atoms with Crippen molar-refractivity contribution in [3.8, 4) is 16.3 Å². The Labute approximate surface area is 104 Å². The lowest BCUT2D eigenvalue weighted by atomic mass is 10.2. The van der Waals surface area contributed by atoms with Crippen LogP contribution in [0.4, 0.5) is 0 Å². The van der Waals surface area contributed by atoms with Crippen LogP contribution < -0.4 is 4.74 Å². The minimum Gasteiger partial charge on any atom is -0.496 e. The Hall–Kier alpha value is -1.68. The van der Waals surface area contributed by atoms with Crippen molar-refractivity contribution in [1.29, 1.82) is 0 Å². The predicted molar refractivity (Wildman–Crippen MR) is 68.5 cm³/mol. The van der Waals surface area contributed by atoms with Gasteiger partial charge in [0.15, 0.2) is 0 Å². The maximum Gasteiger partial charge on any atom is 0.135 e. The molecule has 0 aliphatic carbocycles. The van der Waals surface area contributed by atoms with Crippen molar-refractivity contribution in [3.05, 3.63) is 35.3 Å². The zero-order valence-corrected chi connectivity index (χ0v) is 10.6. The molecule has 1 heterocycles. The summed E-state index contributed by atoms with van der Waals surface area (Å²) in [5.74, 6) is 0.955. The van der Waals surface area contributed by atoms with Gasteiger partial charge in [0.05, 0.1) is 12.7 Å². The molecule has 2 aromatic rings. The fourth-order valence-corrected chi connectivity index (χ4v) is 2.59.